The molecule has 3 rings (SSSR count). The van der Waals surface area contributed by atoms with E-state index in [1.165, 1.54) is 12.1 Å². The summed E-state index contributed by atoms with van der Waals surface area (Å²) in [5, 5.41) is 28.6. The number of rotatable bonds is 9. The molecule has 15 nitrogen and oxygen atoms in total. The molecular formula is C17H20FN3O12P2. The number of aromatic nitrogens is 2. The highest BCUT2D eigenvalue weighted by Gasteiger charge is 2.46. The Morgan fingerprint density at radius 2 is 1.83 bits per heavy atom. The van der Waals surface area contributed by atoms with Crippen molar-refractivity contribution in [3.05, 3.63) is 68.7 Å². The Kier molecular flexibility index (Phi) is 8.03. The summed E-state index contributed by atoms with van der Waals surface area (Å²) < 4.78 is 50.4. The Labute approximate surface area is 194 Å². The van der Waals surface area contributed by atoms with Crippen LogP contribution in [0.1, 0.15) is 11.8 Å². The van der Waals surface area contributed by atoms with Gasteiger partial charge in [-0.05, 0) is 17.7 Å². The molecule has 1 aromatic carbocycles. The minimum absolute atomic E-state index is 0.113. The molecule has 2 aromatic rings. The van der Waals surface area contributed by atoms with Gasteiger partial charge in [-0.1, -0.05) is 12.1 Å². The molecule has 1 aliphatic heterocycles. The molecule has 1 aromatic heterocycles. The highest BCUT2D eigenvalue weighted by molar-refractivity contribution is 7.60. The van der Waals surface area contributed by atoms with Gasteiger partial charge in [0.15, 0.2) is 6.23 Å². The van der Waals surface area contributed by atoms with Crippen LogP contribution in [0.2, 0.25) is 0 Å². The van der Waals surface area contributed by atoms with E-state index >= 15 is 0 Å². The maximum absolute atomic E-state index is 13.4. The number of benzene rings is 1. The van der Waals surface area contributed by atoms with Gasteiger partial charge in [-0.2, -0.15) is 4.31 Å². The van der Waals surface area contributed by atoms with E-state index in [-0.39, 0.29) is 11.3 Å². The van der Waals surface area contributed by atoms with Crippen LogP contribution in [0, 0.1) is 11.2 Å². The highest BCUT2D eigenvalue weighted by atomic mass is 31.3. The molecule has 192 valence electrons. The average molecular weight is 539 g/mol. The van der Waals surface area contributed by atoms with Crippen molar-refractivity contribution in [3.8, 4) is 0 Å². The summed E-state index contributed by atoms with van der Waals surface area (Å²) in [5.74, 6) is -0.631. The van der Waals surface area contributed by atoms with E-state index in [4.69, 9.17) is 19.9 Å². The molecule has 1 aliphatic rings. The first-order valence-corrected chi connectivity index (χ1v) is 12.6. The molecule has 18 heteroatoms. The monoisotopic (exact) mass is 539 g/mol. The zero-order chi connectivity index (χ0) is 26.1. The van der Waals surface area contributed by atoms with Crippen LogP contribution in [0.15, 0.2) is 46.1 Å². The predicted octanol–water partition coefficient (Wildman–Crippen LogP) is -0.937. The van der Waals surface area contributed by atoms with Gasteiger partial charge in [0.2, 0.25) is 0 Å². The van der Waals surface area contributed by atoms with Crippen LogP contribution < -0.4 is 11.2 Å². The number of aliphatic hydroxyl groups excluding tert-OH is 2. The van der Waals surface area contributed by atoms with Gasteiger partial charge in [-0.3, -0.25) is 18.5 Å². The summed E-state index contributed by atoms with van der Waals surface area (Å²) >= 11 is 0. The number of nitrogens with zero attached hydrogens (tertiary/aromatic N) is 2. The molecular weight excluding hydrogens is 519 g/mol. The molecule has 1 saturated heterocycles. The van der Waals surface area contributed by atoms with E-state index in [0.717, 1.165) is 29.0 Å². The highest BCUT2D eigenvalue weighted by Crippen LogP contribution is 2.57. The maximum Gasteiger partial charge on any atom is 0.481 e. The van der Waals surface area contributed by atoms with Crippen LogP contribution in [0.3, 0.4) is 0 Å². The average Bonchev–Trinajstić information content (AvgIpc) is 3.02. The first-order chi connectivity index (χ1) is 16.2. The smallest absolute Gasteiger partial charge is 0.387 e. The van der Waals surface area contributed by atoms with Crippen molar-refractivity contribution in [2.45, 2.75) is 31.1 Å². The normalized spacial score (nSPS) is 24.3. The molecule has 0 spiro atoms. The SMILES string of the molecule is N=C(Cn1c(=O)ccn([C@@H]2O[C@H](COP(=O)(O)OP(=O)(O)O)[C@H](O)C2O)c1=O)c1cccc(F)c1. The fraction of sp³-hybridized carbons (Fsp3) is 0.353. The molecule has 0 bridgehead atoms. The van der Waals surface area contributed by atoms with Gasteiger partial charge in [0.25, 0.3) is 5.56 Å². The fourth-order valence-corrected chi connectivity index (χ4v) is 4.82. The molecule has 0 radical (unpaired) electrons. The van der Waals surface area contributed by atoms with E-state index < -0.39 is 70.4 Å². The van der Waals surface area contributed by atoms with Crippen LogP contribution in [0.5, 0.6) is 0 Å². The lowest BCUT2D eigenvalue weighted by molar-refractivity contribution is -0.0547. The molecule has 0 amide bonds. The van der Waals surface area contributed by atoms with Crippen molar-refractivity contribution in [3.63, 3.8) is 0 Å². The van der Waals surface area contributed by atoms with E-state index in [9.17, 15) is 38.2 Å². The van der Waals surface area contributed by atoms with Gasteiger partial charge in [0.1, 0.15) is 24.1 Å². The number of hydrogen-bond acceptors (Lipinski definition) is 10. The third kappa shape index (κ3) is 6.65. The van der Waals surface area contributed by atoms with Gasteiger partial charge in [-0.25, -0.2) is 18.3 Å². The molecule has 2 unspecified atom stereocenters. The van der Waals surface area contributed by atoms with Crippen LogP contribution in [-0.2, 0) is 29.2 Å². The van der Waals surface area contributed by atoms with Crippen molar-refractivity contribution >= 4 is 21.4 Å². The summed E-state index contributed by atoms with van der Waals surface area (Å²) in [6.07, 6.45) is -5.84. The molecule has 6 N–H and O–H groups in total. The molecule has 2 heterocycles. The Morgan fingerprint density at radius 1 is 1.14 bits per heavy atom. The molecule has 1 fully saturated rings. The number of aliphatic hydroxyl groups is 2. The van der Waals surface area contributed by atoms with E-state index in [0.29, 0.717) is 4.57 Å². The summed E-state index contributed by atoms with van der Waals surface area (Å²) in [6.45, 7) is -1.55. The summed E-state index contributed by atoms with van der Waals surface area (Å²) in [4.78, 5) is 51.7. The quantitative estimate of drug-likeness (QED) is 0.168. The standard InChI is InChI=1S/C17H20FN3O12P2/c18-10-3-1-2-9(6-10)11(19)7-21-13(22)4-5-20(17(21)25)16-15(24)14(23)12(32-16)8-31-35(29,30)33-34(26,27)28/h1-6,12,14-16,19,23-24H,7-8H2,(H,29,30)(H2,26,27,28)/t12-,14+,15?,16-/m1/s1. The lowest BCUT2D eigenvalue weighted by Crippen LogP contribution is -2.44. The van der Waals surface area contributed by atoms with Crippen molar-refractivity contribution in [2.24, 2.45) is 0 Å². The number of ether oxygens (including phenoxy) is 1. The second kappa shape index (κ2) is 10.3. The number of phosphoric ester groups is 1. The van der Waals surface area contributed by atoms with Crippen LogP contribution >= 0.6 is 15.6 Å². The maximum atomic E-state index is 13.4. The first kappa shape index (κ1) is 27.2. The zero-order valence-electron chi connectivity index (χ0n) is 17.4. The van der Waals surface area contributed by atoms with Crippen molar-refractivity contribution < 1.29 is 52.0 Å². The van der Waals surface area contributed by atoms with Crippen molar-refractivity contribution in [1.29, 1.82) is 5.41 Å². The van der Waals surface area contributed by atoms with Crippen LogP contribution in [0.25, 0.3) is 0 Å². The predicted molar refractivity (Wildman–Crippen MR) is 113 cm³/mol. The van der Waals surface area contributed by atoms with Gasteiger partial charge < -0.3 is 35.0 Å². The fourth-order valence-electron chi connectivity index (χ4n) is 3.22. The van der Waals surface area contributed by atoms with Crippen molar-refractivity contribution in [1.82, 2.24) is 9.13 Å². The summed E-state index contributed by atoms with van der Waals surface area (Å²) in [7, 11) is -10.7. The Balaban J connectivity index is 1.80. The number of hydrogen-bond donors (Lipinski definition) is 6. The minimum atomic E-state index is -5.40. The summed E-state index contributed by atoms with van der Waals surface area (Å²) in [6, 6.07) is 5.85. The Morgan fingerprint density at radius 3 is 2.46 bits per heavy atom. The minimum Gasteiger partial charge on any atom is -0.387 e. The number of nitrogens with one attached hydrogen (secondary N) is 1. The van der Waals surface area contributed by atoms with E-state index in [2.05, 4.69) is 8.83 Å². The Hall–Kier alpha value is -2.36. The number of halogens is 1. The molecule has 35 heavy (non-hydrogen) atoms. The second-order valence-corrected chi connectivity index (χ2v) is 10.1. The summed E-state index contributed by atoms with van der Waals surface area (Å²) in [5.41, 5.74) is -2.04. The third-order valence-corrected chi connectivity index (χ3v) is 6.96. The van der Waals surface area contributed by atoms with E-state index in [1.807, 2.05) is 0 Å². The third-order valence-electron chi connectivity index (χ3n) is 4.81. The molecule has 0 saturated carbocycles. The second-order valence-electron chi connectivity index (χ2n) is 7.30. The van der Waals surface area contributed by atoms with Gasteiger partial charge in [-0.15, -0.1) is 0 Å². The number of phosphoric acid groups is 2. The van der Waals surface area contributed by atoms with Crippen LogP contribution in [-0.4, -0.2) is 64.7 Å². The Bertz CT molecular complexity index is 1320. The van der Waals surface area contributed by atoms with Gasteiger partial charge >= 0.3 is 21.3 Å². The zero-order valence-corrected chi connectivity index (χ0v) is 19.2. The lowest BCUT2D eigenvalue weighted by atomic mass is 10.1. The topological polar surface area (TPSA) is 231 Å². The molecule has 5 atom stereocenters. The van der Waals surface area contributed by atoms with Gasteiger partial charge in [0.05, 0.1) is 18.9 Å². The largest absolute Gasteiger partial charge is 0.481 e. The van der Waals surface area contributed by atoms with Crippen molar-refractivity contribution in [2.75, 3.05) is 6.61 Å². The van der Waals surface area contributed by atoms with E-state index in [1.54, 1.807) is 0 Å². The lowest BCUT2D eigenvalue weighted by Gasteiger charge is -2.19. The molecule has 0 aliphatic carbocycles. The first-order valence-electron chi connectivity index (χ1n) is 9.60. The van der Waals surface area contributed by atoms with Crippen LogP contribution in [0.4, 0.5) is 4.39 Å². The van der Waals surface area contributed by atoms with Gasteiger partial charge in [0, 0.05) is 12.3 Å².